The number of nitrogens with zero attached hydrogens (tertiary/aromatic N) is 1. The molecule has 5 aromatic rings. The van der Waals surface area contributed by atoms with E-state index in [-0.39, 0.29) is 61.2 Å². The van der Waals surface area contributed by atoms with Gasteiger partial charge in [0.25, 0.3) is 0 Å². The minimum atomic E-state index is -3.66. The zero-order valence-electron chi connectivity index (χ0n) is 40.0. The summed E-state index contributed by atoms with van der Waals surface area (Å²) in [4.78, 5) is 31.3. The van der Waals surface area contributed by atoms with Gasteiger partial charge in [-0.25, -0.2) is 13.2 Å². The number of ether oxygens (including phenoxy) is 7. The number of carbonyl (C=O) groups is 2. The number of amides is 2. The van der Waals surface area contributed by atoms with Crippen molar-refractivity contribution in [2.75, 3.05) is 75.5 Å². The third-order valence-corrected chi connectivity index (χ3v) is 11.8. The van der Waals surface area contributed by atoms with Gasteiger partial charge in [-0.05, 0) is 65.4 Å². The van der Waals surface area contributed by atoms with Crippen LogP contribution in [0.2, 0.25) is 0 Å². The fraction of sp³-hybridized carbons (Fsp3) is 0.420. The first-order valence-corrected chi connectivity index (χ1v) is 24.5. The molecule has 0 spiro atoms. The van der Waals surface area contributed by atoms with Crippen LogP contribution in [0.3, 0.4) is 0 Å². The van der Waals surface area contributed by atoms with Crippen LogP contribution in [0.25, 0.3) is 10.8 Å². The van der Waals surface area contributed by atoms with Gasteiger partial charge in [0.1, 0.15) is 41.7 Å². The molecule has 0 saturated carbocycles. The number of nitrogens with one attached hydrogen (secondary N) is 3. The summed E-state index contributed by atoms with van der Waals surface area (Å²) in [5, 5.41) is 46.3. The number of hydrogen-bond donors (Lipinski definition) is 7. The number of urea groups is 1. The van der Waals surface area contributed by atoms with Crippen LogP contribution in [0.1, 0.15) is 60.8 Å². The average Bonchev–Trinajstić information content (AvgIpc) is 3.32. The number of hydrogen-bond acceptors (Lipinski definition) is 16. The number of benzene rings is 4. The van der Waals surface area contributed by atoms with Gasteiger partial charge in [0.05, 0.1) is 76.1 Å². The fourth-order valence-corrected chi connectivity index (χ4v) is 8.19. The van der Waals surface area contributed by atoms with E-state index in [9.17, 15) is 38.4 Å². The molecule has 2 heterocycles. The monoisotopic (exact) mass is 990 g/mol. The zero-order valence-corrected chi connectivity index (χ0v) is 40.8. The van der Waals surface area contributed by atoms with Gasteiger partial charge in [0.15, 0.2) is 17.8 Å². The summed E-state index contributed by atoms with van der Waals surface area (Å²) < 4.78 is 66.3. The predicted molar refractivity (Wildman–Crippen MR) is 262 cm³/mol. The minimum Gasteiger partial charge on any atom is -0.496 e. The van der Waals surface area contributed by atoms with Crippen LogP contribution in [-0.2, 0) is 40.8 Å². The van der Waals surface area contributed by atoms with Crippen molar-refractivity contribution in [3.8, 4) is 23.0 Å². The van der Waals surface area contributed by atoms with Crippen LogP contribution in [0, 0.1) is 0 Å². The Labute approximate surface area is 407 Å². The normalized spacial score (nSPS) is 18.3. The second-order valence-electron chi connectivity index (χ2n) is 17.6. The van der Waals surface area contributed by atoms with E-state index in [2.05, 4.69) is 20.3 Å². The molecule has 5 atom stereocenters. The van der Waals surface area contributed by atoms with E-state index in [0.29, 0.717) is 59.0 Å². The van der Waals surface area contributed by atoms with Gasteiger partial charge in [0, 0.05) is 48.2 Å². The molecule has 20 heteroatoms. The number of pyridine rings is 1. The number of carbonyl (C=O) groups excluding carboxylic acids is 2. The minimum absolute atomic E-state index is 0.0276. The van der Waals surface area contributed by atoms with E-state index < -0.39 is 53.4 Å². The number of methoxy groups -OCH3 is 2. The Morgan fingerprint density at radius 2 is 1.47 bits per heavy atom. The Hall–Kier alpha value is -5.94. The van der Waals surface area contributed by atoms with E-state index in [4.69, 9.17) is 33.2 Å². The molecule has 70 heavy (non-hydrogen) atoms. The van der Waals surface area contributed by atoms with E-state index >= 15 is 0 Å². The first-order valence-electron chi connectivity index (χ1n) is 22.6. The number of sulfonamides is 1. The molecule has 4 aromatic carbocycles. The van der Waals surface area contributed by atoms with E-state index in [1.807, 2.05) is 63.2 Å². The molecule has 19 nitrogen and oxygen atoms in total. The maximum Gasteiger partial charge on any atom is 0.323 e. The summed E-state index contributed by atoms with van der Waals surface area (Å²) in [5.74, 6) is 1.57. The number of aliphatic hydroxyl groups excluding tert-OH is 4. The maximum absolute atomic E-state index is 13.6. The quantitative estimate of drug-likeness (QED) is 0.0303. The van der Waals surface area contributed by atoms with Gasteiger partial charge in [0.2, 0.25) is 10.0 Å². The van der Waals surface area contributed by atoms with Crippen molar-refractivity contribution in [3.05, 3.63) is 107 Å². The highest BCUT2D eigenvalue weighted by Gasteiger charge is 2.44. The Bertz CT molecular complexity index is 2700. The second-order valence-corrected chi connectivity index (χ2v) is 19.3. The SMILES string of the molecule is COc1cc(Cc2cc(Oc3ccc(NC(=O)Nc4cc(C(C)(C)C)cc(NS(C)(=O)=O)c4OC)c4ccccc34)ccn2)ccc1C(=O)CCCOCCOCCOC1O[C@H](CO)[C@H](O)[C@H](O)[C@H]1O. The average molecular weight is 991 g/mol. The van der Waals surface area contributed by atoms with Crippen LogP contribution in [0.15, 0.2) is 85.1 Å². The van der Waals surface area contributed by atoms with Gasteiger partial charge in [-0.2, -0.15) is 0 Å². The van der Waals surface area contributed by atoms with Crippen LogP contribution in [-0.4, -0.2) is 136 Å². The number of Topliss-reactive ketones (excluding diaryl/α,β-unsaturated/α-hetero) is 1. The molecule has 1 aliphatic rings. The summed E-state index contributed by atoms with van der Waals surface area (Å²) in [5.41, 5.74) is 3.39. The van der Waals surface area contributed by atoms with Gasteiger partial charge in [-0.3, -0.25) is 14.5 Å². The van der Waals surface area contributed by atoms with Crippen molar-refractivity contribution in [3.63, 3.8) is 0 Å². The lowest BCUT2D eigenvalue weighted by Crippen LogP contribution is -2.59. The highest BCUT2D eigenvalue weighted by Crippen LogP contribution is 2.40. The largest absolute Gasteiger partial charge is 0.496 e. The highest BCUT2D eigenvalue weighted by atomic mass is 32.2. The molecule has 7 N–H and O–H groups in total. The van der Waals surface area contributed by atoms with Crippen molar-refractivity contribution < 1.29 is 71.6 Å². The van der Waals surface area contributed by atoms with Gasteiger partial charge in [-0.1, -0.05) is 51.1 Å². The van der Waals surface area contributed by atoms with Gasteiger partial charge < -0.3 is 64.2 Å². The molecule has 1 aliphatic heterocycles. The molecule has 0 radical (unpaired) electrons. The third-order valence-electron chi connectivity index (χ3n) is 11.2. The van der Waals surface area contributed by atoms with Crippen LogP contribution in [0.5, 0.6) is 23.0 Å². The molecule has 1 aromatic heterocycles. The summed E-state index contributed by atoms with van der Waals surface area (Å²) in [6, 6.07) is 22.8. The molecule has 2 amide bonds. The number of anilines is 3. The number of ketones is 1. The molecule has 6 rings (SSSR count). The second kappa shape index (κ2) is 24.3. The standard InChI is InChI=1S/C50H62N4O15S/c1-50(2,3)31-26-38(47(64-5)39(27-31)54-70(6,61)62)53-49(60)52-37-15-16-41(35-11-8-7-10-34(35)37)68-33-17-18-51-32(28-33)24-30-13-14-36(42(25-30)63-4)40(56)12-9-19-65-20-21-66-22-23-67-48-46(59)45(58)44(57)43(29-55)69-48/h7-8,10-11,13-18,25-28,43-46,48,54-55,57-59H,9,12,19-24,29H2,1-6H3,(H2,52,53,60)/t43-,44+,45+,46-,48?/m1/s1. The van der Waals surface area contributed by atoms with Crippen LogP contribution >= 0.6 is 0 Å². The smallest absolute Gasteiger partial charge is 0.323 e. The van der Waals surface area contributed by atoms with Crippen molar-refractivity contribution in [2.45, 2.75) is 76.2 Å². The Morgan fingerprint density at radius 3 is 2.17 bits per heavy atom. The van der Waals surface area contributed by atoms with Crippen LogP contribution < -0.4 is 29.6 Å². The first-order chi connectivity index (χ1) is 33.4. The number of rotatable bonds is 23. The lowest BCUT2D eigenvalue weighted by atomic mass is 9.86. The number of fused-ring (bicyclic) bond motifs is 1. The molecule has 0 aliphatic carbocycles. The fourth-order valence-electron chi connectivity index (χ4n) is 7.64. The zero-order chi connectivity index (χ0) is 50.6. The first kappa shape index (κ1) is 53.4. The third kappa shape index (κ3) is 14.3. The van der Waals surface area contributed by atoms with Crippen molar-refractivity contribution in [1.82, 2.24) is 4.98 Å². The maximum atomic E-state index is 13.6. The van der Waals surface area contributed by atoms with E-state index in [1.165, 1.54) is 14.2 Å². The molecule has 378 valence electrons. The topological polar surface area (TPSA) is 263 Å². The van der Waals surface area contributed by atoms with Crippen molar-refractivity contribution in [1.29, 1.82) is 0 Å². The Balaban J connectivity index is 0.998. The van der Waals surface area contributed by atoms with E-state index in [0.717, 1.165) is 22.8 Å². The van der Waals surface area contributed by atoms with Crippen LogP contribution in [0.4, 0.5) is 21.9 Å². The summed E-state index contributed by atoms with van der Waals surface area (Å²) in [7, 11) is -0.754. The van der Waals surface area contributed by atoms with Crippen molar-refractivity contribution in [2.24, 2.45) is 0 Å². The molecular formula is C50H62N4O15S. The predicted octanol–water partition coefficient (Wildman–Crippen LogP) is 5.76. The molecule has 0 bridgehead atoms. The van der Waals surface area contributed by atoms with E-state index in [1.54, 1.807) is 42.6 Å². The summed E-state index contributed by atoms with van der Waals surface area (Å²) in [6.07, 6.45) is -2.92. The lowest BCUT2D eigenvalue weighted by molar-refractivity contribution is -0.302. The molecule has 1 unspecified atom stereocenters. The van der Waals surface area contributed by atoms with Gasteiger partial charge >= 0.3 is 6.03 Å². The summed E-state index contributed by atoms with van der Waals surface area (Å²) in [6.45, 7) is 6.40. The Morgan fingerprint density at radius 1 is 0.771 bits per heavy atom. The molecule has 1 fully saturated rings. The Kier molecular flexibility index (Phi) is 18.5. The van der Waals surface area contributed by atoms with Gasteiger partial charge in [-0.15, -0.1) is 0 Å². The summed E-state index contributed by atoms with van der Waals surface area (Å²) >= 11 is 0. The lowest BCUT2D eigenvalue weighted by Gasteiger charge is -2.39. The van der Waals surface area contributed by atoms with Crippen molar-refractivity contribution >= 4 is 49.7 Å². The highest BCUT2D eigenvalue weighted by molar-refractivity contribution is 7.92. The molecular weight excluding hydrogens is 929 g/mol. The molecule has 1 saturated heterocycles. The number of aromatic nitrogens is 1. The number of aliphatic hydroxyl groups is 4.